The maximum absolute atomic E-state index is 13.0. The highest BCUT2D eigenvalue weighted by molar-refractivity contribution is 6.32. The van der Waals surface area contributed by atoms with Crippen molar-refractivity contribution >= 4 is 17.5 Å². The van der Waals surface area contributed by atoms with Gasteiger partial charge in [-0.15, -0.1) is 0 Å². The lowest BCUT2D eigenvalue weighted by Gasteiger charge is -2.17. The molecule has 1 amide bonds. The molecule has 0 saturated carbocycles. The Bertz CT molecular complexity index is 964. The van der Waals surface area contributed by atoms with Crippen LogP contribution in [0, 0.1) is 5.92 Å². The predicted molar refractivity (Wildman–Crippen MR) is 112 cm³/mol. The van der Waals surface area contributed by atoms with Crippen LogP contribution in [0.3, 0.4) is 0 Å². The fourth-order valence-corrected chi connectivity index (χ4v) is 2.92. The smallest absolute Gasteiger partial charge is 0.270 e. The van der Waals surface area contributed by atoms with E-state index >= 15 is 0 Å². The highest BCUT2D eigenvalue weighted by Gasteiger charge is 2.21. The van der Waals surface area contributed by atoms with Crippen molar-refractivity contribution in [3.63, 3.8) is 0 Å². The zero-order chi connectivity index (χ0) is 20.3. The molecule has 1 aromatic heterocycles. The molecule has 0 bridgehead atoms. The van der Waals surface area contributed by atoms with Gasteiger partial charge in [-0.2, -0.15) is 5.10 Å². The molecule has 2 aromatic carbocycles. The molecule has 146 valence electrons. The monoisotopic (exact) mass is 397 g/mol. The summed E-state index contributed by atoms with van der Waals surface area (Å²) in [7, 11) is 1.62. The molecular weight excluding hydrogens is 374 g/mol. The molecule has 6 heteroatoms. The van der Waals surface area contributed by atoms with E-state index in [0.29, 0.717) is 28.0 Å². The highest BCUT2D eigenvalue weighted by atomic mass is 35.5. The third-order valence-electron chi connectivity index (χ3n) is 4.77. The van der Waals surface area contributed by atoms with Gasteiger partial charge in [0.25, 0.3) is 5.91 Å². The number of carbonyl (C=O) groups excluding carboxylic acids is 1. The first-order chi connectivity index (χ1) is 13.4. The Labute approximate surface area is 170 Å². The van der Waals surface area contributed by atoms with Gasteiger partial charge in [-0.3, -0.25) is 4.79 Å². The molecule has 0 fully saturated rings. The van der Waals surface area contributed by atoms with E-state index in [4.69, 9.17) is 16.3 Å². The fraction of sp³-hybridized carbons (Fsp3) is 0.273. The molecule has 0 aliphatic rings. The van der Waals surface area contributed by atoms with Crippen LogP contribution in [-0.2, 0) is 0 Å². The van der Waals surface area contributed by atoms with Crippen LogP contribution in [0.25, 0.3) is 16.9 Å². The van der Waals surface area contributed by atoms with E-state index in [1.807, 2.05) is 49.4 Å². The van der Waals surface area contributed by atoms with E-state index in [9.17, 15) is 4.79 Å². The summed E-state index contributed by atoms with van der Waals surface area (Å²) in [5.74, 6) is 0.896. The first-order valence-electron chi connectivity index (χ1n) is 9.21. The van der Waals surface area contributed by atoms with Gasteiger partial charge in [0.2, 0.25) is 0 Å². The van der Waals surface area contributed by atoms with Crippen LogP contribution >= 0.6 is 11.6 Å². The number of hydrogen-bond donors (Lipinski definition) is 1. The number of hydrogen-bond acceptors (Lipinski definition) is 3. The molecule has 3 rings (SSSR count). The molecule has 1 atom stereocenters. The molecule has 0 spiro atoms. The number of aromatic nitrogens is 2. The largest absolute Gasteiger partial charge is 0.497 e. The van der Waals surface area contributed by atoms with Gasteiger partial charge >= 0.3 is 0 Å². The lowest BCUT2D eigenvalue weighted by atomic mass is 10.1. The van der Waals surface area contributed by atoms with Crippen molar-refractivity contribution in [2.45, 2.75) is 26.8 Å². The van der Waals surface area contributed by atoms with Crippen molar-refractivity contribution in [1.82, 2.24) is 15.1 Å². The molecule has 1 heterocycles. The minimum Gasteiger partial charge on any atom is -0.497 e. The number of rotatable bonds is 6. The maximum atomic E-state index is 13.0. The summed E-state index contributed by atoms with van der Waals surface area (Å²) in [5.41, 5.74) is 2.67. The van der Waals surface area contributed by atoms with Gasteiger partial charge in [-0.05, 0) is 55.3 Å². The van der Waals surface area contributed by atoms with Crippen LogP contribution in [-0.4, -0.2) is 28.8 Å². The van der Waals surface area contributed by atoms with Crippen molar-refractivity contribution in [3.05, 3.63) is 65.3 Å². The molecular formula is C22H24ClN3O2. The molecule has 3 aromatic rings. The number of ether oxygens (including phenoxy) is 1. The zero-order valence-electron chi connectivity index (χ0n) is 16.4. The van der Waals surface area contributed by atoms with Crippen molar-refractivity contribution in [2.75, 3.05) is 7.11 Å². The summed E-state index contributed by atoms with van der Waals surface area (Å²) in [6.45, 7) is 6.13. The number of carbonyl (C=O) groups is 1. The topological polar surface area (TPSA) is 56.1 Å². The second-order valence-corrected chi connectivity index (χ2v) is 7.42. The summed E-state index contributed by atoms with van der Waals surface area (Å²) in [4.78, 5) is 13.0. The van der Waals surface area contributed by atoms with Crippen molar-refractivity contribution in [3.8, 4) is 22.7 Å². The number of benzene rings is 2. The fourth-order valence-electron chi connectivity index (χ4n) is 2.70. The minimum atomic E-state index is -0.187. The van der Waals surface area contributed by atoms with E-state index in [0.717, 1.165) is 11.3 Å². The average molecular weight is 398 g/mol. The van der Waals surface area contributed by atoms with Crippen LogP contribution in [0.5, 0.6) is 5.75 Å². The minimum absolute atomic E-state index is 0.0338. The first-order valence-corrected chi connectivity index (χ1v) is 9.58. The predicted octanol–water partition coefficient (Wildman–Crippen LogP) is 4.98. The number of halogens is 1. The standard InChI is InChI=1S/C22H24ClN3O2/c1-14(2)15(3)24-22(27)21-13-19(16-9-11-17(28-4)12-10-16)25-26(21)20-8-6-5-7-18(20)23/h5-15H,1-4H3,(H,24,27). The summed E-state index contributed by atoms with van der Waals surface area (Å²) in [6.07, 6.45) is 0. The first kappa shape index (κ1) is 20.0. The van der Waals surface area contributed by atoms with Gasteiger partial charge in [0.1, 0.15) is 11.4 Å². The Morgan fingerprint density at radius 3 is 2.39 bits per heavy atom. The second kappa shape index (κ2) is 8.48. The Morgan fingerprint density at radius 1 is 1.11 bits per heavy atom. The van der Waals surface area contributed by atoms with Crippen LogP contribution in [0.1, 0.15) is 31.3 Å². The molecule has 1 unspecified atom stereocenters. The van der Waals surface area contributed by atoms with Crippen LogP contribution in [0.4, 0.5) is 0 Å². The van der Waals surface area contributed by atoms with Crippen molar-refractivity contribution in [1.29, 1.82) is 0 Å². The van der Waals surface area contributed by atoms with Crippen LogP contribution < -0.4 is 10.1 Å². The molecule has 1 N–H and O–H groups in total. The van der Waals surface area contributed by atoms with Crippen molar-refractivity contribution in [2.24, 2.45) is 5.92 Å². The van der Waals surface area contributed by atoms with E-state index in [1.54, 1.807) is 23.9 Å². The molecule has 28 heavy (non-hydrogen) atoms. The average Bonchev–Trinajstić information content (AvgIpc) is 3.13. The van der Waals surface area contributed by atoms with Gasteiger partial charge in [0, 0.05) is 11.6 Å². The maximum Gasteiger partial charge on any atom is 0.270 e. The molecule has 0 saturated heterocycles. The van der Waals surface area contributed by atoms with E-state index < -0.39 is 0 Å². The Balaban J connectivity index is 2.06. The van der Waals surface area contributed by atoms with Gasteiger partial charge in [-0.25, -0.2) is 4.68 Å². The lowest BCUT2D eigenvalue weighted by molar-refractivity contribution is 0.0922. The summed E-state index contributed by atoms with van der Waals surface area (Å²) >= 11 is 6.38. The van der Waals surface area contributed by atoms with Gasteiger partial charge in [-0.1, -0.05) is 37.6 Å². The number of nitrogens with zero attached hydrogens (tertiary/aromatic N) is 2. The van der Waals surface area contributed by atoms with Gasteiger partial charge in [0.15, 0.2) is 0 Å². The zero-order valence-corrected chi connectivity index (χ0v) is 17.2. The molecule has 5 nitrogen and oxygen atoms in total. The molecule has 0 radical (unpaired) electrons. The third-order valence-corrected chi connectivity index (χ3v) is 5.09. The Hall–Kier alpha value is -2.79. The van der Waals surface area contributed by atoms with E-state index in [1.165, 1.54) is 0 Å². The SMILES string of the molecule is COc1ccc(-c2cc(C(=O)NC(C)C(C)C)n(-c3ccccc3Cl)n2)cc1. The number of nitrogens with one attached hydrogen (secondary N) is 1. The summed E-state index contributed by atoms with van der Waals surface area (Å²) in [6, 6.07) is 16.7. The quantitative estimate of drug-likeness (QED) is 0.638. The third kappa shape index (κ3) is 4.20. The van der Waals surface area contributed by atoms with Crippen LogP contribution in [0.15, 0.2) is 54.6 Å². The Kier molecular flexibility index (Phi) is 6.05. The number of para-hydroxylation sites is 1. The van der Waals surface area contributed by atoms with Crippen molar-refractivity contribution < 1.29 is 9.53 Å². The number of amides is 1. The Morgan fingerprint density at radius 2 is 1.79 bits per heavy atom. The molecule has 0 aliphatic carbocycles. The van der Waals surface area contributed by atoms with E-state index in [2.05, 4.69) is 24.3 Å². The summed E-state index contributed by atoms with van der Waals surface area (Å²) < 4.78 is 6.82. The van der Waals surface area contributed by atoms with Crippen LogP contribution in [0.2, 0.25) is 5.02 Å². The molecule has 0 aliphatic heterocycles. The van der Waals surface area contributed by atoms with E-state index in [-0.39, 0.29) is 11.9 Å². The number of methoxy groups -OCH3 is 1. The highest BCUT2D eigenvalue weighted by Crippen LogP contribution is 2.27. The lowest BCUT2D eigenvalue weighted by Crippen LogP contribution is -2.37. The normalized spacial score (nSPS) is 12.1. The summed E-state index contributed by atoms with van der Waals surface area (Å²) in [5, 5.41) is 8.24. The second-order valence-electron chi connectivity index (χ2n) is 7.01. The van der Waals surface area contributed by atoms with Gasteiger partial charge in [0.05, 0.1) is 23.5 Å². The van der Waals surface area contributed by atoms with Gasteiger partial charge < -0.3 is 10.1 Å².